The second-order valence-corrected chi connectivity index (χ2v) is 11.8. The number of carbonyl (C=O) groups is 1. The summed E-state index contributed by atoms with van der Waals surface area (Å²) in [5.41, 5.74) is 2.01. The van der Waals surface area contributed by atoms with Crippen LogP contribution < -0.4 is 9.47 Å². The van der Waals surface area contributed by atoms with Gasteiger partial charge < -0.3 is 19.1 Å². The Labute approximate surface area is 258 Å². The molecule has 0 radical (unpaired) electrons. The molecule has 4 aromatic rings. The van der Waals surface area contributed by atoms with Crippen LogP contribution in [0.4, 0.5) is 8.78 Å². The van der Waals surface area contributed by atoms with Gasteiger partial charge in [0.1, 0.15) is 30.1 Å². The van der Waals surface area contributed by atoms with Crippen LogP contribution in [0.5, 0.6) is 11.5 Å². The quantitative estimate of drug-likeness (QED) is 0.213. The van der Waals surface area contributed by atoms with E-state index in [1.165, 1.54) is 18.2 Å². The molecule has 11 heteroatoms. The Hall–Kier alpha value is -5.00. The molecule has 0 atom stereocenters. The number of carboxylic acids is 1. The van der Waals surface area contributed by atoms with Crippen LogP contribution in [0.15, 0.2) is 54.6 Å². The molecule has 1 N–H and O–H groups in total. The van der Waals surface area contributed by atoms with Crippen LogP contribution in [0.25, 0.3) is 11.0 Å². The van der Waals surface area contributed by atoms with Crippen molar-refractivity contribution in [3.05, 3.63) is 88.7 Å². The lowest BCUT2D eigenvalue weighted by Gasteiger charge is -2.32. The molecule has 1 aromatic heterocycles. The lowest BCUT2D eigenvalue weighted by atomic mass is 10.0. The molecule has 2 heterocycles. The van der Waals surface area contributed by atoms with Gasteiger partial charge in [-0.25, -0.2) is 18.6 Å². The van der Waals surface area contributed by atoms with Gasteiger partial charge in [-0.2, -0.15) is 10.5 Å². The summed E-state index contributed by atoms with van der Waals surface area (Å²) < 4.78 is 42.5. The minimum atomic E-state index is -0.993. The molecule has 0 spiro atoms. The molecule has 9 nitrogen and oxygen atoms in total. The molecule has 2 fully saturated rings. The standard InChI is InChI=1S/C34H31F2N5O4/c35-27-4-3-26(16-24(27)20-44-31-6-1-22(18-38)15-28(31)36)45-25-7-13-40(14-8-25)19-32-39-29-5-2-23(33(42)43)17-30(29)41(32)21-34(9-10-34)11-12-37/h1-6,15-17,25H,7-11,13-14,19-21H2,(H,42,43). The van der Waals surface area contributed by atoms with E-state index in [0.29, 0.717) is 25.3 Å². The zero-order chi connectivity index (χ0) is 31.6. The molecular formula is C34H31F2N5O4. The number of rotatable bonds is 11. The second kappa shape index (κ2) is 12.5. The molecule has 0 unspecified atom stereocenters. The van der Waals surface area contributed by atoms with Crippen LogP contribution in [0.2, 0.25) is 0 Å². The smallest absolute Gasteiger partial charge is 0.335 e. The van der Waals surface area contributed by atoms with Gasteiger partial charge in [-0.15, -0.1) is 0 Å². The van der Waals surface area contributed by atoms with E-state index in [-0.39, 0.29) is 40.6 Å². The van der Waals surface area contributed by atoms with Crippen LogP contribution >= 0.6 is 0 Å². The number of carboxylic acid groups (broad SMARTS) is 1. The first-order valence-electron chi connectivity index (χ1n) is 14.9. The number of piperidine rings is 1. The molecule has 1 saturated heterocycles. The number of fused-ring (bicyclic) bond motifs is 1. The largest absolute Gasteiger partial charge is 0.490 e. The highest BCUT2D eigenvalue weighted by atomic mass is 19.1. The van der Waals surface area contributed by atoms with E-state index in [1.54, 1.807) is 30.3 Å². The van der Waals surface area contributed by atoms with Crippen molar-refractivity contribution in [2.75, 3.05) is 13.1 Å². The second-order valence-electron chi connectivity index (χ2n) is 11.8. The van der Waals surface area contributed by atoms with Crippen molar-refractivity contribution in [1.82, 2.24) is 14.5 Å². The third-order valence-corrected chi connectivity index (χ3v) is 8.64. The number of imidazole rings is 1. The van der Waals surface area contributed by atoms with Crippen molar-refractivity contribution in [3.63, 3.8) is 0 Å². The van der Waals surface area contributed by atoms with E-state index in [9.17, 15) is 23.9 Å². The van der Waals surface area contributed by atoms with Crippen molar-refractivity contribution in [3.8, 4) is 23.6 Å². The molecule has 0 amide bonds. The minimum absolute atomic E-state index is 0.0692. The van der Waals surface area contributed by atoms with Crippen molar-refractivity contribution in [1.29, 1.82) is 10.5 Å². The van der Waals surface area contributed by atoms with Crippen LogP contribution in [0.1, 0.15) is 59.4 Å². The summed E-state index contributed by atoms with van der Waals surface area (Å²) in [4.78, 5) is 18.8. The van der Waals surface area contributed by atoms with Gasteiger partial charge in [0.05, 0.1) is 40.8 Å². The molecule has 1 aliphatic carbocycles. The Balaban J connectivity index is 1.09. The fourth-order valence-corrected chi connectivity index (χ4v) is 5.83. The average molecular weight is 612 g/mol. The van der Waals surface area contributed by atoms with Crippen molar-refractivity contribution in [2.45, 2.75) is 57.9 Å². The Morgan fingerprint density at radius 3 is 2.53 bits per heavy atom. The summed E-state index contributed by atoms with van der Waals surface area (Å²) in [6.07, 6.45) is 3.77. The molecule has 230 valence electrons. The number of hydrogen-bond acceptors (Lipinski definition) is 7. The predicted molar refractivity (Wildman–Crippen MR) is 159 cm³/mol. The van der Waals surface area contributed by atoms with Crippen molar-refractivity contribution < 1.29 is 28.2 Å². The Kier molecular flexibility index (Phi) is 8.38. The minimum Gasteiger partial charge on any atom is -0.490 e. The van der Waals surface area contributed by atoms with Crippen LogP contribution in [-0.4, -0.2) is 44.7 Å². The molecule has 1 saturated carbocycles. The fraction of sp³-hybridized carbons (Fsp3) is 0.353. The van der Waals surface area contributed by atoms with Crippen LogP contribution in [0, 0.1) is 39.7 Å². The van der Waals surface area contributed by atoms with E-state index in [2.05, 4.69) is 15.5 Å². The number of halogens is 2. The molecule has 6 rings (SSSR count). The van der Waals surface area contributed by atoms with Crippen LogP contribution in [0.3, 0.4) is 0 Å². The van der Waals surface area contributed by atoms with Gasteiger partial charge in [0.2, 0.25) is 0 Å². The summed E-state index contributed by atoms with van der Waals surface area (Å²) in [6.45, 7) is 2.49. The Morgan fingerprint density at radius 1 is 1.04 bits per heavy atom. The van der Waals surface area contributed by atoms with Gasteiger partial charge in [0.25, 0.3) is 0 Å². The van der Waals surface area contributed by atoms with Crippen molar-refractivity contribution >= 4 is 17.0 Å². The van der Waals surface area contributed by atoms with E-state index in [0.717, 1.165) is 61.7 Å². The fourth-order valence-electron chi connectivity index (χ4n) is 5.83. The number of nitriles is 2. The van der Waals surface area contributed by atoms with Gasteiger partial charge >= 0.3 is 5.97 Å². The maximum atomic E-state index is 14.5. The van der Waals surface area contributed by atoms with E-state index in [4.69, 9.17) is 19.7 Å². The normalized spacial score (nSPS) is 16.2. The summed E-state index contributed by atoms with van der Waals surface area (Å²) in [7, 11) is 0. The molecular weight excluding hydrogens is 580 g/mol. The maximum Gasteiger partial charge on any atom is 0.335 e. The van der Waals surface area contributed by atoms with E-state index < -0.39 is 17.6 Å². The predicted octanol–water partition coefficient (Wildman–Crippen LogP) is 6.20. The summed E-state index contributed by atoms with van der Waals surface area (Å²) in [5.74, 6) is -0.904. The van der Waals surface area contributed by atoms with Gasteiger partial charge in [-0.05, 0) is 80.3 Å². The number of benzene rings is 3. The lowest BCUT2D eigenvalue weighted by molar-refractivity contribution is 0.0697. The highest BCUT2D eigenvalue weighted by Crippen LogP contribution is 2.50. The highest BCUT2D eigenvalue weighted by molar-refractivity contribution is 5.92. The van der Waals surface area contributed by atoms with Gasteiger partial charge in [0, 0.05) is 37.0 Å². The zero-order valence-electron chi connectivity index (χ0n) is 24.5. The third-order valence-electron chi connectivity index (χ3n) is 8.64. The average Bonchev–Trinajstić information content (AvgIpc) is 3.72. The lowest BCUT2D eigenvalue weighted by Crippen LogP contribution is -2.38. The topological polar surface area (TPSA) is 124 Å². The van der Waals surface area contributed by atoms with E-state index >= 15 is 0 Å². The number of ether oxygens (including phenoxy) is 2. The first-order chi connectivity index (χ1) is 21.8. The molecule has 1 aliphatic heterocycles. The van der Waals surface area contributed by atoms with Gasteiger partial charge in [-0.3, -0.25) is 4.90 Å². The maximum absolute atomic E-state index is 14.5. The highest BCUT2D eigenvalue weighted by Gasteiger charge is 2.43. The van der Waals surface area contributed by atoms with E-state index in [1.807, 2.05) is 6.07 Å². The SMILES string of the molecule is N#CCC1(Cn2c(CN3CCC(Oc4ccc(F)c(COc5ccc(C#N)cc5F)c4)CC3)nc3ccc(C(=O)O)cc32)CC1. The Bertz CT molecular complexity index is 1830. The first-order valence-corrected chi connectivity index (χ1v) is 14.9. The number of aromatic carboxylic acids is 1. The van der Waals surface area contributed by atoms with Gasteiger partial charge in [-0.1, -0.05) is 0 Å². The number of aromatic nitrogens is 2. The van der Waals surface area contributed by atoms with Crippen LogP contribution in [-0.2, 0) is 19.7 Å². The molecule has 45 heavy (non-hydrogen) atoms. The number of hydrogen-bond donors (Lipinski definition) is 1. The summed E-state index contributed by atoms with van der Waals surface area (Å²) >= 11 is 0. The Morgan fingerprint density at radius 2 is 1.84 bits per heavy atom. The molecule has 0 bridgehead atoms. The van der Waals surface area contributed by atoms with Crippen molar-refractivity contribution in [2.24, 2.45) is 5.41 Å². The monoisotopic (exact) mass is 611 g/mol. The zero-order valence-corrected chi connectivity index (χ0v) is 24.5. The molecule has 2 aliphatic rings. The third kappa shape index (κ3) is 6.74. The summed E-state index contributed by atoms with van der Waals surface area (Å²) in [5, 5.41) is 27.8. The summed E-state index contributed by atoms with van der Waals surface area (Å²) in [6, 6.07) is 17.4. The number of likely N-dealkylation sites (tertiary alicyclic amines) is 1. The number of nitrogens with zero attached hydrogens (tertiary/aromatic N) is 5. The van der Waals surface area contributed by atoms with Gasteiger partial charge in [0.15, 0.2) is 11.6 Å². The first kappa shape index (κ1) is 30.0. The molecule has 3 aromatic carbocycles.